The first-order valence-electron chi connectivity index (χ1n) is 3.74. The molecule has 0 unspecified atom stereocenters. The van der Waals surface area contributed by atoms with Gasteiger partial charge >= 0.3 is 6.18 Å². The Kier molecular flexibility index (Phi) is 3.43. The van der Waals surface area contributed by atoms with Gasteiger partial charge in [0.15, 0.2) is 5.11 Å². The van der Waals surface area contributed by atoms with Gasteiger partial charge in [-0.25, -0.2) is 10.8 Å². The molecule has 15 heavy (non-hydrogen) atoms. The number of nitrogens with zero attached hydrogens (tertiary/aromatic N) is 1. The number of alkyl halides is 3. The largest absolute Gasteiger partial charge is 0.433 e. The van der Waals surface area contributed by atoms with Gasteiger partial charge in [-0.3, -0.25) is 0 Å². The van der Waals surface area contributed by atoms with Crippen LogP contribution in [0.3, 0.4) is 0 Å². The number of halogens is 3. The van der Waals surface area contributed by atoms with Crippen molar-refractivity contribution in [3.05, 3.63) is 24.0 Å². The molecule has 1 aromatic heterocycles. The van der Waals surface area contributed by atoms with Gasteiger partial charge in [-0.1, -0.05) is 0 Å². The van der Waals surface area contributed by atoms with Crippen LogP contribution < -0.4 is 16.6 Å². The summed E-state index contributed by atoms with van der Waals surface area (Å²) >= 11 is 4.65. The highest BCUT2D eigenvalue weighted by atomic mass is 32.1. The Morgan fingerprint density at radius 3 is 2.47 bits per heavy atom. The van der Waals surface area contributed by atoms with Gasteiger partial charge in [-0.05, 0) is 24.4 Å². The normalized spacial score (nSPS) is 10.9. The molecule has 0 bridgehead atoms. The lowest BCUT2D eigenvalue weighted by Gasteiger charge is -2.08. The Labute approximate surface area is 88.6 Å². The molecule has 1 aromatic rings. The summed E-state index contributed by atoms with van der Waals surface area (Å²) in [5.74, 6) is 4.96. The Balaban J connectivity index is 2.77. The summed E-state index contributed by atoms with van der Waals surface area (Å²) in [6.07, 6.45) is -3.42. The molecular formula is C7H7F3N4S. The van der Waals surface area contributed by atoms with Crippen LogP contribution in [0.15, 0.2) is 18.3 Å². The van der Waals surface area contributed by atoms with E-state index in [-0.39, 0.29) is 5.11 Å². The molecule has 0 aromatic carbocycles. The van der Waals surface area contributed by atoms with E-state index in [0.29, 0.717) is 5.69 Å². The Morgan fingerprint density at radius 2 is 2.07 bits per heavy atom. The van der Waals surface area contributed by atoms with Crippen molar-refractivity contribution in [2.45, 2.75) is 6.18 Å². The number of anilines is 1. The van der Waals surface area contributed by atoms with Gasteiger partial charge < -0.3 is 10.7 Å². The second kappa shape index (κ2) is 4.41. The summed E-state index contributed by atoms with van der Waals surface area (Å²) in [4.78, 5) is 3.22. The fourth-order valence-electron chi connectivity index (χ4n) is 0.803. The molecule has 1 rings (SSSR count). The number of hydrogen-bond donors (Lipinski definition) is 3. The van der Waals surface area contributed by atoms with E-state index in [2.05, 4.69) is 27.9 Å². The van der Waals surface area contributed by atoms with E-state index in [1.54, 1.807) is 0 Å². The highest BCUT2D eigenvalue weighted by Crippen LogP contribution is 2.27. The highest BCUT2D eigenvalue weighted by Gasteiger charge is 2.31. The number of hydrazine groups is 1. The molecule has 0 amide bonds. The van der Waals surface area contributed by atoms with E-state index in [4.69, 9.17) is 5.84 Å². The van der Waals surface area contributed by atoms with Gasteiger partial charge in [-0.15, -0.1) is 0 Å². The van der Waals surface area contributed by atoms with Crippen molar-refractivity contribution >= 4 is 23.0 Å². The molecular weight excluding hydrogens is 229 g/mol. The molecule has 4 nitrogen and oxygen atoms in total. The van der Waals surface area contributed by atoms with Gasteiger partial charge in [0, 0.05) is 0 Å². The number of hydrogen-bond acceptors (Lipinski definition) is 3. The van der Waals surface area contributed by atoms with E-state index in [9.17, 15) is 13.2 Å². The molecule has 0 aliphatic carbocycles. The van der Waals surface area contributed by atoms with Gasteiger partial charge in [0.1, 0.15) is 5.69 Å². The van der Waals surface area contributed by atoms with Crippen molar-refractivity contribution in [2.24, 2.45) is 5.84 Å². The predicted octanol–water partition coefficient (Wildman–Crippen LogP) is 1.26. The number of thiocarbonyl (C=S) groups is 1. The molecule has 0 radical (unpaired) electrons. The molecule has 0 fully saturated rings. The zero-order chi connectivity index (χ0) is 11.5. The Morgan fingerprint density at radius 1 is 1.40 bits per heavy atom. The van der Waals surface area contributed by atoms with Gasteiger partial charge in [0.25, 0.3) is 0 Å². The number of nitrogens with one attached hydrogen (secondary N) is 2. The van der Waals surface area contributed by atoms with Crippen LogP contribution >= 0.6 is 12.2 Å². The number of rotatable bonds is 1. The summed E-state index contributed by atoms with van der Waals surface area (Å²) in [7, 11) is 0. The molecule has 0 saturated heterocycles. The summed E-state index contributed by atoms with van der Waals surface area (Å²) in [5.41, 5.74) is 1.49. The van der Waals surface area contributed by atoms with Crippen LogP contribution in [0, 0.1) is 0 Å². The number of aromatic nitrogens is 1. The van der Waals surface area contributed by atoms with Crippen LogP contribution in [-0.2, 0) is 6.18 Å². The average molecular weight is 236 g/mol. The van der Waals surface area contributed by atoms with Gasteiger partial charge in [-0.2, -0.15) is 13.2 Å². The van der Waals surface area contributed by atoms with Crippen molar-refractivity contribution < 1.29 is 13.2 Å². The lowest BCUT2D eigenvalue weighted by molar-refractivity contribution is -0.141. The monoisotopic (exact) mass is 236 g/mol. The zero-order valence-electron chi connectivity index (χ0n) is 7.30. The van der Waals surface area contributed by atoms with Gasteiger partial charge in [0.2, 0.25) is 0 Å². The van der Waals surface area contributed by atoms with Crippen LogP contribution in [0.4, 0.5) is 18.9 Å². The maximum Gasteiger partial charge on any atom is 0.433 e. The minimum absolute atomic E-state index is 0.0940. The molecule has 0 atom stereocenters. The summed E-state index contributed by atoms with van der Waals surface area (Å²) in [6, 6.07) is 2.06. The van der Waals surface area contributed by atoms with E-state index >= 15 is 0 Å². The topological polar surface area (TPSA) is 63.0 Å². The van der Waals surface area contributed by atoms with Crippen LogP contribution in [-0.4, -0.2) is 10.1 Å². The van der Waals surface area contributed by atoms with E-state index in [1.165, 1.54) is 6.07 Å². The first-order chi connectivity index (χ1) is 6.93. The second-order valence-electron chi connectivity index (χ2n) is 2.53. The highest BCUT2D eigenvalue weighted by molar-refractivity contribution is 7.80. The molecule has 0 aliphatic rings. The first kappa shape index (κ1) is 11.7. The second-order valence-corrected chi connectivity index (χ2v) is 2.94. The number of pyridine rings is 1. The fourth-order valence-corrected chi connectivity index (χ4v) is 0.921. The fraction of sp³-hybridized carbons (Fsp3) is 0.143. The summed E-state index contributed by atoms with van der Waals surface area (Å²) in [6.45, 7) is 0. The van der Waals surface area contributed by atoms with Gasteiger partial charge in [0.05, 0.1) is 11.9 Å². The lowest BCUT2D eigenvalue weighted by Crippen LogP contribution is -2.34. The molecule has 8 heteroatoms. The summed E-state index contributed by atoms with van der Waals surface area (Å²) in [5, 5.41) is 2.63. The van der Waals surface area contributed by atoms with E-state index in [0.717, 1.165) is 12.3 Å². The van der Waals surface area contributed by atoms with E-state index in [1.807, 2.05) is 0 Å². The van der Waals surface area contributed by atoms with Crippen LogP contribution in [0.2, 0.25) is 0 Å². The van der Waals surface area contributed by atoms with Crippen LogP contribution in [0.1, 0.15) is 5.69 Å². The summed E-state index contributed by atoms with van der Waals surface area (Å²) < 4.78 is 36.3. The van der Waals surface area contributed by atoms with Crippen LogP contribution in [0.5, 0.6) is 0 Å². The average Bonchev–Trinajstić information content (AvgIpc) is 2.17. The molecule has 4 N–H and O–H groups in total. The van der Waals surface area contributed by atoms with Crippen molar-refractivity contribution in [3.8, 4) is 0 Å². The predicted molar refractivity (Wildman–Crippen MR) is 52.8 cm³/mol. The minimum atomic E-state index is -4.44. The lowest BCUT2D eigenvalue weighted by atomic mass is 10.3. The third-order valence-corrected chi connectivity index (χ3v) is 1.66. The maximum absolute atomic E-state index is 12.1. The first-order valence-corrected chi connectivity index (χ1v) is 4.15. The Hall–Kier alpha value is -1.41. The zero-order valence-corrected chi connectivity index (χ0v) is 8.12. The maximum atomic E-state index is 12.1. The number of nitrogens with two attached hydrogens (primary N) is 1. The van der Waals surface area contributed by atoms with Crippen molar-refractivity contribution in [1.82, 2.24) is 10.4 Å². The van der Waals surface area contributed by atoms with Crippen LogP contribution in [0.25, 0.3) is 0 Å². The van der Waals surface area contributed by atoms with E-state index < -0.39 is 11.9 Å². The molecule has 0 aliphatic heterocycles. The SMILES string of the molecule is NNC(=S)Nc1ccc(C(F)(F)F)nc1. The molecule has 1 heterocycles. The van der Waals surface area contributed by atoms with Crippen molar-refractivity contribution in [2.75, 3.05) is 5.32 Å². The molecule has 0 saturated carbocycles. The quantitative estimate of drug-likeness (QED) is 0.389. The minimum Gasteiger partial charge on any atom is -0.330 e. The standard InChI is InChI=1S/C7H7F3N4S/c8-7(9,10)5-2-1-4(3-12-5)13-6(15)14-11/h1-3H,11H2,(H2,13,14,15). The third-order valence-electron chi connectivity index (χ3n) is 1.44. The Bertz CT molecular complexity index is 348. The molecule has 0 spiro atoms. The van der Waals surface area contributed by atoms with Crippen molar-refractivity contribution in [1.29, 1.82) is 0 Å². The van der Waals surface area contributed by atoms with Crippen molar-refractivity contribution in [3.63, 3.8) is 0 Å². The third kappa shape index (κ3) is 3.33. The molecule has 82 valence electrons. The smallest absolute Gasteiger partial charge is 0.330 e.